The van der Waals surface area contributed by atoms with Crippen LogP contribution in [0, 0.1) is 0 Å². The fourth-order valence-corrected chi connectivity index (χ4v) is 3.31. The molecule has 2 aliphatic heterocycles. The zero-order valence-corrected chi connectivity index (χ0v) is 12.8. The van der Waals surface area contributed by atoms with Gasteiger partial charge in [0.2, 0.25) is 5.95 Å². The molecule has 5 nitrogen and oxygen atoms in total. The Morgan fingerprint density at radius 1 is 1.14 bits per heavy atom. The molecule has 0 unspecified atom stereocenters. The quantitative estimate of drug-likeness (QED) is 0.854. The molecule has 0 aliphatic carbocycles. The van der Waals surface area contributed by atoms with Crippen LogP contribution in [0.1, 0.15) is 32.1 Å². The van der Waals surface area contributed by atoms with E-state index in [9.17, 15) is 0 Å². The molecule has 0 amide bonds. The van der Waals surface area contributed by atoms with Gasteiger partial charge < -0.3 is 14.5 Å². The molecule has 21 heavy (non-hydrogen) atoms. The highest BCUT2D eigenvalue weighted by Gasteiger charge is 2.27. The number of rotatable bonds is 3. The van der Waals surface area contributed by atoms with Crippen molar-refractivity contribution in [1.82, 2.24) is 14.9 Å². The molecule has 0 radical (unpaired) electrons. The first-order valence-corrected chi connectivity index (χ1v) is 7.83. The van der Waals surface area contributed by atoms with Crippen molar-refractivity contribution in [3.63, 3.8) is 0 Å². The smallest absolute Gasteiger partial charge is 0.225 e. The second kappa shape index (κ2) is 6.33. The normalized spacial score (nSPS) is 20.7. The van der Waals surface area contributed by atoms with Gasteiger partial charge in [-0.05, 0) is 32.1 Å². The average molecular weight is 288 g/mol. The zero-order valence-electron chi connectivity index (χ0n) is 12.8. The summed E-state index contributed by atoms with van der Waals surface area (Å²) in [5.74, 6) is 1.52. The Morgan fingerprint density at radius 2 is 1.86 bits per heavy atom. The third-order valence-electron chi connectivity index (χ3n) is 4.56. The van der Waals surface area contributed by atoms with Crippen molar-refractivity contribution < 1.29 is 4.74 Å². The fourth-order valence-electron chi connectivity index (χ4n) is 3.31. The van der Waals surface area contributed by atoms with E-state index in [-0.39, 0.29) is 0 Å². The number of hydrogen-bond acceptors (Lipinski definition) is 5. The molecule has 2 fully saturated rings. The van der Waals surface area contributed by atoms with Crippen LogP contribution in [-0.4, -0.2) is 47.7 Å². The Hall–Kier alpha value is -1.78. The summed E-state index contributed by atoms with van der Waals surface area (Å²) in [7, 11) is 1.63. The van der Waals surface area contributed by atoms with Crippen LogP contribution in [0.5, 0.6) is 5.75 Å². The molecule has 5 heteroatoms. The van der Waals surface area contributed by atoms with Crippen LogP contribution in [0.3, 0.4) is 0 Å². The highest BCUT2D eigenvalue weighted by Crippen LogP contribution is 2.27. The van der Waals surface area contributed by atoms with Gasteiger partial charge in [-0.3, -0.25) is 0 Å². The van der Waals surface area contributed by atoms with Gasteiger partial charge in [-0.15, -0.1) is 0 Å². The SMILES string of the molecule is C=C1CCCCN1C1CCN(c2ncc(OC)cn2)CC1. The van der Waals surface area contributed by atoms with Gasteiger partial charge >= 0.3 is 0 Å². The third kappa shape index (κ3) is 3.12. The Labute approximate surface area is 126 Å². The second-order valence-corrected chi connectivity index (χ2v) is 5.86. The van der Waals surface area contributed by atoms with E-state index in [1.54, 1.807) is 19.5 Å². The number of piperidine rings is 2. The first-order chi connectivity index (χ1) is 10.3. The van der Waals surface area contributed by atoms with E-state index in [1.807, 2.05) is 0 Å². The predicted molar refractivity (Wildman–Crippen MR) is 83.5 cm³/mol. The van der Waals surface area contributed by atoms with Crippen LogP contribution in [-0.2, 0) is 0 Å². The number of likely N-dealkylation sites (tertiary alicyclic amines) is 1. The molecule has 0 spiro atoms. The first-order valence-electron chi connectivity index (χ1n) is 7.83. The Bertz CT molecular complexity index is 480. The average Bonchev–Trinajstić information content (AvgIpc) is 2.56. The number of ether oxygens (including phenoxy) is 1. The van der Waals surface area contributed by atoms with Gasteiger partial charge in [0.15, 0.2) is 5.75 Å². The fraction of sp³-hybridized carbons (Fsp3) is 0.625. The van der Waals surface area contributed by atoms with Crippen molar-refractivity contribution in [2.75, 3.05) is 31.6 Å². The second-order valence-electron chi connectivity index (χ2n) is 5.86. The summed E-state index contributed by atoms with van der Waals surface area (Å²) in [6, 6.07) is 0.646. The molecule has 0 aromatic carbocycles. The molecule has 0 bridgehead atoms. The van der Waals surface area contributed by atoms with Gasteiger partial charge in [0.05, 0.1) is 19.5 Å². The van der Waals surface area contributed by atoms with E-state index in [2.05, 4.69) is 26.3 Å². The monoisotopic (exact) mass is 288 g/mol. The van der Waals surface area contributed by atoms with E-state index in [0.29, 0.717) is 11.8 Å². The minimum atomic E-state index is 0.646. The van der Waals surface area contributed by atoms with E-state index in [4.69, 9.17) is 4.74 Å². The topological polar surface area (TPSA) is 41.5 Å². The Balaban J connectivity index is 1.57. The highest BCUT2D eigenvalue weighted by molar-refractivity contribution is 5.32. The minimum Gasteiger partial charge on any atom is -0.494 e. The van der Waals surface area contributed by atoms with Gasteiger partial charge in [-0.2, -0.15) is 0 Å². The maximum atomic E-state index is 5.10. The molecule has 1 aromatic rings. The van der Waals surface area contributed by atoms with Gasteiger partial charge in [-0.25, -0.2) is 9.97 Å². The van der Waals surface area contributed by atoms with Crippen molar-refractivity contribution >= 4 is 5.95 Å². The minimum absolute atomic E-state index is 0.646. The predicted octanol–water partition coefficient (Wildman–Crippen LogP) is 2.45. The molecule has 2 saturated heterocycles. The van der Waals surface area contributed by atoms with E-state index in [0.717, 1.165) is 31.9 Å². The van der Waals surface area contributed by atoms with E-state index in [1.165, 1.54) is 31.5 Å². The number of aromatic nitrogens is 2. The van der Waals surface area contributed by atoms with Gasteiger partial charge in [0.1, 0.15) is 0 Å². The Morgan fingerprint density at radius 3 is 2.48 bits per heavy atom. The molecular formula is C16H24N4O. The number of hydrogen-bond donors (Lipinski definition) is 0. The maximum absolute atomic E-state index is 5.10. The highest BCUT2D eigenvalue weighted by atomic mass is 16.5. The lowest BCUT2D eigenvalue weighted by atomic mass is 9.98. The van der Waals surface area contributed by atoms with Gasteiger partial charge in [-0.1, -0.05) is 6.58 Å². The van der Waals surface area contributed by atoms with Crippen molar-refractivity contribution in [3.05, 3.63) is 24.7 Å². The molecule has 0 N–H and O–H groups in total. The molecular weight excluding hydrogens is 264 g/mol. The molecule has 0 atom stereocenters. The van der Waals surface area contributed by atoms with Crippen LogP contribution >= 0.6 is 0 Å². The summed E-state index contributed by atoms with van der Waals surface area (Å²) in [4.78, 5) is 13.6. The number of nitrogens with zero attached hydrogens (tertiary/aromatic N) is 4. The molecule has 3 rings (SSSR count). The lowest BCUT2D eigenvalue weighted by Crippen LogP contribution is -2.46. The summed E-state index contributed by atoms with van der Waals surface area (Å²) in [6.45, 7) is 7.45. The summed E-state index contributed by atoms with van der Waals surface area (Å²) in [5.41, 5.74) is 1.33. The van der Waals surface area contributed by atoms with Gasteiger partial charge in [0.25, 0.3) is 0 Å². The number of methoxy groups -OCH3 is 1. The molecule has 0 saturated carbocycles. The lowest BCUT2D eigenvalue weighted by Gasteiger charge is -2.42. The summed E-state index contributed by atoms with van der Waals surface area (Å²) < 4.78 is 5.10. The first kappa shape index (κ1) is 14.2. The maximum Gasteiger partial charge on any atom is 0.225 e. The van der Waals surface area contributed by atoms with Crippen LogP contribution in [0.2, 0.25) is 0 Å². The van der Waals surface area contributed by atoms with Crippen molar-refractivity contribution in [3.8, 4) is 5.75 Å². The van der Waals surface area contributed by atoms with Crippen molar-refractivity contribution in [1.29, 1.82) is 0 Å². The largest absolute Gasteiger partial charge is 0.494 e. The van der Waals surface area contributed by atoms with E-state index >= 15 is 0 Å². The zero-order chi connectivity index (χ0) is 14.7. The number of allylic oxidation sites excluding steroid dienone is 1. The molecule has 2 aliphatic rings. The van der Waals surface area contributed by atoms with Gasteiger partial charge in [0, 0.05) is 31.4 Å². The summed E-state index contributed by atoms with van der Waals surface area (Å²) in [6.07, 6.45) is 9.57. The lowest BCUT2D eigenvalue weighted by molar-refractivity contribution is 0.188. The molecule has 114 valence electrons. The third-order valence-corrected chi connectivity index (χ3v) is 4.56. The Kier molecular flexibility index (Phi) is 4.27. The molecule has 1 aromatic heterocycles. The van der Waals surface area contributed by atoms with Crippen LogP contribution in [0.25, 0.3) is 0 Å². The van der Waals surface area contributed by atoms with Crippen LogP contribution in [0.4, 0.5) is 5.95 Å². The van der Waals surface area contributed by atoms with Crippen LogP contribution in [0.15, 0.2) is 24.7 Å². The summed E-state index contributed by atoms with van der Waals surface area (Å²) in [5, 5.41) is 0. The molecule has 3 heterocycles. The van der Waals surface area contributed by atoms with Crippen molar-refractivity contribution in [2.24, 2.45) is 0 Å². The van der Waals surface area contributed by atoms with Crippen molar-refractivity contribution in [2.45, 2.75) is 38.1 Å². The standard InChI is InChI=1S/C16H24N4O/c1-13-5-3-4-8-20(13)14-6-9-19(10-7-14)16-17-11-15(21-2)12-18-16/h11-12,14H,1,3-10H2,2H3. The summed E-state index contributed by atoms with van der Waals surface area (Å²) >= 11 is 0. The van der Waals surface area contributed by atoms with E-state index < -0.39 is 0 Å². The van der Waals surface area contributed by atoms with Crippen LogP contribution < -0.4 is 9.64 Å². The number of anilines is 1.